The molecule has 24 heavy (non-hydrogen) atoms. The summed E-state index contributed by atoms with van der Waals surface area (Å²) in [4.78, 5) is 20.9. The van der Waals surface area contributed by atoms with Gasteiger partial charge in [0.25, 0.3) is 5.91 Å². The van der Waals surface area contributed by atoms with Crippen LogP contribution in [0.25, 0.3) is 0 Å². The van der Waals surface area contributed by atoms with Crippen molar-refractivity contribution in [3.63, 3.8) is 0 Å². The molecule has 1 aromatic carbocycles. The quantitative estimate of drug-likeness (QED) is 0.801. The topological polar surface area (TPSA) is 72.7 Å². The number of benzene rings is 1. The molecule has 0 spiro atoms. The number of carbonyl (C=O) groups excluding carboxylic acids is 1. The zero-order valence-corrected chi connectivity index (χ0v) is 13.9. The fraction of sp³-hybridized carbons (Fsp3) is 0.222. The van der Waals surface area contributed by atoms with E-state index in [0.717, 1.165) is 11.3 Å². The molecule has 1 amide bonds. The Morgan fingerprint density at radius 3 is 2.58 bits per heavy atom. The molecule has 0 fully saturated rings. The third-order valence-corrected chi connectivity index (χ3v) is 3.76. The van der Waals surface area contributed by atoms with E-state index in [1.807, 2.05) is 44.2 Å². The van der Waals surface area contributed by atoms with Gasteiger partial charge in [-0.05, 0) is 32.4 Å². The lowest BCUT2D eigenvalue weighted by molar-refractivity contribution is 0.102. The number of anilines is 1. The number of nitrogens with one attached hydrogen (secondary N) is 1. The predicted octanol–water partition coefficient (Wildman–Crippen LogP) is 3.15. The Morgan fingerprint density at radius 1 is 1.12 bits per heavy atom. The normalized spacial score (nSPS) is 12.0. The van der Waals surface area contributed by atoms with Crippen molar-refractivity contribution in [1.82, 2.24) is 19.7 Å². The Kier molecular flexibility index (Phi) is 4.37. The van der Waals surface area contributed by atoms with Crippen LogP contribution < -0.4 is 5.32 Å². The molecule has 2 aromatic heterocycles. The van der Waals surface area contributed by atoms with Crippen LogP contribution >= 0.6 is 0 Å². The van der Waals surface area contributed by atoms with E-state index >= 15 is 0 Å². The summed E-state index contributed by atoms with van der Waals surface area (Å²) in [5.41, 5.74) is 2.23. The molecule has 1 unspecified atom stereocenters. The Bertz CT molecular complexity index is 837. The second-order valence-electron chi connectivity index (χ2n) is 5.64. The number of hydrogen-bond acceptors (Lipinski definition) is 4. The molecule has 0 bridgehead atoms. The molecule has 0 aliphatic carbocycles. The van der Waals surface area contributed by atoms with Gasteiger partial charge in [-0.25, -0.2) is 14.6 Å². The van der Waals surface area contributed by atoms with Crippen LogP contribution in [0.4, 0.5) is 5.82 Å². The van der Waals surface area contributed by atoms with Crippen molar-refractivity contribution in [1.29, 1.82) is 0 Å². The number of nitrogens with zero attached hydrogens (tertiary/aromatic N) is 4. The number of amides is 1. The maximum absolute atomic E-state index is 12.5. The zero-order valence-electron chi connectivity index (χ0n) is 13.9. The average molecular weight is 321 g/mol. The largest absolute Gasteiger partial charge is 0.305 e. The Labute approximate surface area is 140 Å². The van der Waals surface area contributed by atoms with E-state index in [2.05, 4.69) is 20.4 Å². The Hall–Kier alpha value is -3.02. The van der Waals surface area contributed by atoms with Crippen molar-refractivity contribution in [2.24, 2.45) is 0 Å². The van der Waals surface area contributed by atoms with Crippen molar-refractivity contribution in [2.45, 2.75) is 26.8 Å². The summed E-state index contributed by atoms with van der Waals surface area (Å²) < 4.78 is 1.79. The van der Waals surface area contributed by atoms with Gasteiger partial charge < -0.3 is 5.32 Å². The van der Waals surface area contributed by atoms with E-state index in [4.69, 9.17) is 0 Å². The smallest absolute Gasteiger partial charge is 0.275 e. The first-order valence-electron chi connectivity index (χ1n) is 7.76. The minimum Gasteiger partial charge on any atom is -0.305 e. The second kappa shape index (κ2) is 6.62. The molecule has 6 nitrogen and oxygen atoms in total. The SMILES string of the molecule is Cc1cc(C(=O)Nc2ccnn2C(C)c2ccccc2)nc(C)n1. The van der Waals surface area contributed by atoms with Crippen LogP contribution in [0.5, 0.6) is 0 Å². The van der Waals surface area contributed by atoms with Crippen LogP contribution in [0, 0.1) is 13.8 Å². The standard InChI is InChI=1S/C18H19N5O/c1-12-11-16(21-14(3)20-12)18(24)22-17-9-10-19-23(17)13(2)15-7-5-4-6-8-15/h4-11,13H,1-3H3,(H,22,24). The van der Waals surface area contributed by atoms with Crippen molar-refractivity contribution in [3.8, 4) is 0 Å². The van der Waals surface area contributed by atoms with Crippen LogP contribution in [0.15, 0.2) is 48.7 Å². The van der Waals surface area contributed by atoms with Crippen molar-refractivity contribution in [3.05, 3.63) is 71.4 Å². The molecule has 122 valence electrons. The summed E-state index contributed by atoms with van der Waals surface area (Å²) >= 11 is 0. The maximum atomic E-state index is 12.5. The molecule has 0 aliphatic heterocycles. The predicted molar refractivity (Wildman–Crippen MR) is 91.9 cm³/mol. The number of carbonyl (C=O) groups is 1. The van der Waals surface area contributed by atoms with Gasteiger partial charge in [-0.2, -0.15) is 5.10 Å². The van der Waals surface area contributed by atoms with Crippen LogP contribution in [0.3, 0.4) is 0 Å². The highest BCUT2D eigenvalue weighted by molar-refractivity contribution is 6.02. The van der Waals surface area contributed by atoms with Gasteiger partial charge in [0, 0.05) is 11.8 Å². The van der Waals surface area contributed by atoms with Gasteiger partial charge >= 0.3 is 0 Å². The van der Waals surface area contributed by atoms with E-state index < -0.39 is 0 Å². The van der Waals surface area contributed by atoms with Crippen molar-refractivity contribution >= 4 is 11.7 Å². The number of hydrogen-bond donors (Lipinski definition) is 1. The highest BCUT2D eigenvalue weighted by atomic mass is 16.2. The molecule has 0 radical (unpaired) electrons. The highest BCUT2D eigenvalue weighted by Gasteiger charge is 2.16. The van der Waals surface area contributed by atoms with Crippen molar-refractivity contribution < 1.29 is 4.79 Å². The number of aromatic nitrogens is 4. The molecule has 2 heterocycles. The summed E-state index contributed by atoms with van der Waals surface area (Å²) in [6.07, 6.45) is 1.67. The minimum absolute atomic E-state index is 0.00497. The van der Waals surface area contributed by atoms with Crippen molar-refractivity contribution in [2.75, 3.05) is 5.32 Å². The van der Waals surface area contributed by atoms with Gasteiger partial charge in [-0.15, -0.1) is 0 Å². The Morgan fingerprint density at radius 2 is 1.88 bits per heavy atom. The van der Waals surface area contributed by atoms with Gasteiger partial charge in [0.15, 0.2) is 0 Å². The fourth-order valence-electron chi connectivity index (χ4n) is 2.61. The van der Waals surface area contributed by atoms with E-state index in [1.165, 1.54) is 0 Å². The van der Waals surface area contributed by atoms with Gasteiger partial charge in [0.1, 0.15) is 17.3 Å². The number of aryl methyl sites for hydroxylation is 2. The first kappa shape index (κ1) is 15.9. The fourth-order valence-corrected chi connectivity index (χ4v) is 2.61. The summed E-state index contributed by atoms with van der Waals surface area (Å²) in [6.45, 7) is 5.65. The molecule has 6 heteroatoms. The minimum atomic E-state index is -0.273. The van der Waals surface area contributed by atoms with E-state index in [1.54, 1.807) is 29.9 Å². The lowest BCUT2D eigenvalue weighted by Gasteiger charge is -2.16. The summed E-state index contributed by atoms with van der Waals surface area (Å²) in [5.74, 6) is 0.933. The van der Waals surface area contributed by atoms with Gasteiger partial charge in [-0.3, -0.25) is 4.79 Å². The van der Waals surface area contributed by atoms with Crippen LogP contribution in [0.1, 0.15) is 40.5 Å². The van der Waals surface area contributed by atoms with Crippen LogP contribution in [0.2, 0.25) is 0 Å². The molecular weight excluding hydrogens is 302 g/mol. The third-order valence-electron chi connectivity index (χ3n) is 3.76. The highest BCUT2D eigenvalue weighted by Crippen LogP contribution is 2.21. The van der Waals surface area contributed by atoms with E-state index in [-0.39, 0.29) is 11.9 Å². The number of rotatable bonds is 4. The summed E-state index contributed by atoms with van der Waals surface area (Å²) in [7, 11) is 0. The zero-order chi connectivity index (χ0) is 17.1. The van der Waals surface area contributed by atoms with E-state index in [0.29, 0.717) is 17.3 Å². The van der Waals surface area contributed by atoms with E-state index in [9.17, 15) is 4.79 Å². The summed E-state index contributed by atoms with van der Waals surface area (Å²) in [5, 5.41) is 7.23. The van der Waals surface area contributed by atoms with Crippen LogP contribution in [-0.2, 0) is 0 Å². The average Bonchev–Trinajstić information content (AvgIpc) is 3.02. The molecule has 0 aliphatic rings. The van der Waals surface area contributed by atoms with Gasteiger partial charge in [0.2, 0.25) is 0 Å². The first-order valence-corrected chi connectivity index (χ1v) is 7.76. The Balaban J connectivity index is 1.84. The molecule has 3 rings (SSSR count). The maximum Gasteiger partial charge on any atom is 0.275 e. The molecule has 3 aromatic rings. The summed E-state index contributed by atoms with van der Waals surface area (Å²) in [6, 6.07) is 13.5. The molecule has 0 saturated heterocycles. The van der Waals surface area contributed by atoms with Gasteiger partial charge in [0.05, 0.1) is 12.2 Å². The molecule has 0 saturated carbocycles. The molecular formula is C18H19N5O. The first-order chi connectivity index (χ1) is 11.5. The van der Waals surface area contributed by atoms with Crippen LogP contribution in [-0.4, -0.2) is 25.7 Å². The third kappa shape index (κ3) is 3.32. The monoisotopic (exact) mass is 321 g/mol. The second-order valence-corrected chi connectivity index (χ2v) is 5.64. The molecule has 1 N–H and O–H groups in total. The van der Waals surface area contributed by atoms with Gasteiger partial charge in [-0.1, -0.05) is 30.3 Å². The lowest BCUT2D eigenvalue weighted by Crippen LogP contribution is -2.19. The molecule has 1 atom stereocenters. The lowest BCUT2D eigenvalue weighted by atomic mass is 10.1.